The number of benzene rings is 2. The molecule has 2 unspecified atom stereocenters. The molecule has 0 aliphatic carbocycles. The summed E-state index contributed by atoms with van der Waals surface area (Å²) in [5, 5.41) is 0. The third-order valence-corrected chi connectivity index (χ3v) is 16.3. The van der Waals surface area contributed by atoms with Gasteiger partial charge in [0.15, 0.2) is 16.6 Å². The van der Waals surface area contributed by atoms with Crippen molar-refractivity contribution in [2.45, 2.75) is 89.6 Å². The van der Waals surface area contributed by atoms with Crippen molar-refractivity contribution in [2.75, 3.05) is 0 Å². The number of hydrogen-bond donors (Lipinski definition) is 0. The minimum Gasteiger partial charge on any atom is -0.455 e. The van der Waals surface area contributed by atoms with Crippen LogP contribution >= 0.6 is 0 Å². The monoisotopic (exact) mass is 426 g/mol. The first-order valence-electron chi connectivity index (χ1n) is 11.5. The molecule has 0 bridgehead atoms. The lowest BCUT2D eigenvalue weighted by atomic mass is 10.1. The Morgan fingerprint density at radius 2 is 0.966 bits per heavy atom. The van der Waals surface area contributed by atoms with Crippen LogP contribution < -0.4 is 0 Å². The molecule has 0 aromatic heterocycles. The van der Waals surface area contributed by atoms with Crippen LogP contribution in [0, 0.1) is 0 Å². The quantitative estimate of drug-likeness (QED) is 0.310. The molecule has 160 valence electrons. The van der Waals surface area contributed by atoms with Crippen LogP contribution in [-0.4, -0.2) is 16.6 Å². The highest BCUT2D eigenvalue weighted by Crippen LogP contribution is 2.36. The van der Waals surface area contributed by atoms with Gasteiger partial charge in [0, 0.05) is 0 Å². The molecule has 0 saturated heterocycles. The molecule has 0 radical (unpaired) electrons. The molecule has 2 rings (SSSR count). The van der Waals surface area contributed by atoms with E-state index in [9.17, 15) is 0 Å². The van der Waals surface area contributed by atoms with Crippen LogP contribution in [0.25, 0.3) is 0 Å². The Balaban J connectivity index is 1.78. The van der Waals surface area contributed by atoms with Gasteiger partial charge < -0.3 is 4.12 Å². The van der Waals surface area contributed by atoms with Crippen molar-refractivity contribution in [3.63, 3.8) is 0 Å². The lowest BCUT2D eigenvalue weighted by molar-refractivity contribution is 0.483. The first kappa shape index (κ1) is 24.1. The topological polar surface area (TPSA) is 9.23 Å². The molecule has 0 N–H and O–H groups in total. The minimum atomic E-state index is -1.68. The molecular formula is C26H42OSi2. The van der Waals surface area contributed by atoms with Gasteiger partial charge in [-0.25, -0.2) is 0 Å². The number of hydrogen-bond acceptors (Lipinski definition) is 1. The smallest absolute Gasteiger partial charge is 0.176 e. The van der Waals surface area contributed by atoms with E-state index in [2.05, 4.69) is 101 Å². The molecule has 29 heavy (non-hydrogen) atoms. The van der Waals surface area contributed by atoms with Crippen molar-refractivity contribution in [3.05, 3.63) is 71.8 Å². The highest BCUT2D eigenvalue weighted by molar-refractivity contribution is 6.86. The number of aryl methyl sites for hydroxylation is 2. The van der Waals surface area contributed by atoms with Crippen molar-refractivity contribution in [2.24, 2.45) is 0 Å². The molecule has 1 nitrogen and oxygen atoms in total. The van der Waals surface area contributed by atoms with Crippen molar-refractivity contribution < 1.29 is 4.12 Å². The predicted octanol–water partition coefficient (Wildman–Crippen LogP) is 8.24. The van der Waals surface area contributed by atoms with E-state index in [0.717, 1.165) is 0 Å². The minimum absolute atomic E-state index is 0.703. The highest BCUT2D eigenvalue weighted by Gasteiger charge is 2.39. The maximum atomic E-state index is 7.03. The van der Waals surface area contributed by atoms with Crippen molar-refractivity contribution in [1.29, 1.82) is 0 Å². The maximum Gasteiger partial charge on any atom is 0.176 e. The Morgan fingerprint density at radius 3 is 1.31 bits per heavy atom. The lowest BCUT2D eigenvalue weighted by Crippen LogP contribution is -2.49. The second kappa shape index (κ2) is 11.3. The van der Waals surface area contributed by atoms with E-state index in [-0.39, 0.29) is 0 Å². The highest BCUT2D eigenvalue weighted by atomic mass is 28.4. The molecule has 0 fully saturated rings. The molecule has 0 aliphatic heterocycles. The molecule has 0 heterocycles. The summed E-state index contributed by atoms with van der Waals surface area (Å²) in [4.78, 5) is 0. The molecule has 2 atom stereocenters. The predicted molar refractivity (Wildman–Crippen MR) is 134 cm³/mol. The van der Waals surface area contributed by atoms with Crippen LogP contribution in [0.2, 0.25) is 37.3 Å². The summed E-state index contributed by atoms with van der Waals surface area (Å²) in [7, 11) is -3.37. The molecule has 0 spiro atoms. The van der Waals surface area contributed by atoms with Gasteiger partial charge in [-0.3, -0.25) is 0 Å². The molecular weight excluding hydrogens is 384 g/mol. The average molecular weight is 427 g/mol. The summed E-state index contributed by atoms with van der Waals surface area (Å²) in [6.07, 6.45) is 7.46. The second-order valence-corrected chi connectivity index (χ2v) is 19.1. The Kier molecular flexibility index (Phi) is 9.38. The first-order valence-corrected chi connectivity index (χ1v) is 17.5. The van der Waals surface area contributed by atoms with Crippen LogP contribution in [-0.2, 0) is 17.0 Å². The summed E-state index contributed by atoms with van der Waals surface area (Å²) >= 11 is 0. The third kappa shape index (κ3) is 8.23. The molecule has 3 heteroatoms. The van der Waals surface area contributed by atoms with Gasteiger partial charge in [-0.1, -0.05) is 87.4 Å². The summed E-state index contributed by atoms with van der Waals surface area (Å²) in [5.41, 5.74) is 4.33. The fourth-order valence-electron chi connectivity index (χ4n) is 4.09. The first-order chi connectivity index (χ1) is 13.7. The Labute approximate surface area is 182 Å². The third-order valence-electron chi connectivity index (χ3n) is 6.79. The summed E-state index contributed by atoms with van der Waals surface area (Å²) in [6, 6.07) is 21.8. The van der Waals surface area contributed by atoms with E-state index < -0.39 is 16.6 Å². The van der Waals surface area contributed by atoms with Gasteiger partial charge in [0.2, 0.25) is 0 Å². The molecule has 2 aromatic carbocycles. The van der Waals surface area contributed by atoms with Crippen LogP contribution in [0.5, 0.6) is 0 Å². The van der Waals surface area contributed by atoms with Crippen molar-refractivity contribution >= 4 is 16.6 Å². The zero-order chi connectivity index (χ0) is 21.3. The molecule has 2 aromatic rings. The van der Waals surface area contributed by atoms with Gasteiger partial charge in [0.25, 0.3) is 0 Å². The van der Waals surface area contributed by atoms with E-state index in [1.165, 1.54) is 49.7 Å². The van der Waals surface area contributed by atoms with Crippen LogP contribution in [0.15, 0.2) is 60.7 Å². The lowest BCUT2D eigenvalue weighted by Gasteiger charge is -2.41. The number of rotatable bonds is 12. The van der Waals surface area contributed by atoms with E-state index in [4.69, 9.17) is 4.12 Å². The Bertz CT molecular complexity index is 636. The maximum absolute atomic E-state index is 7.03. The molecule has 0 saturated carbocycles. The summed E-state index contributed by atoms with van der Waals surface area (Å²) in [6.45, 7) is 14.7. The Hall–Kier alpha value is -1.17. The zero-order valence-electron chi connectivity index (χ0n) is 19.6. The summed E-state index contributed by atoms with van der Waals surface area (Å²) < 4.78 is 7.03. The van der Waals surface area contributed by atoms with E-state index in [1.807, 2.05) is 0 Å². The SMILES string of the molecule is CC(CCCc1ccccc1)[Si](C)(C)O[Si](C)(C)C(C)CCCc1ccccc1. The van der Waals surface area contributed by atoms with Gasteiger partial charge in [-0.2, -0.15) is 0 Å². The molecule has 0 amide bonds. The average Bonchev–Trinajstić information content (AvgIpc) is 2.68. The van der Waals surface area contributed by atoms with Gasteiger partial charge in [0.05, 0.1) is 0 Å². The van der Waals surface area contributed by atoms with E-state index >= 15 is 0 Å². The zero-order valence-corrected chi connectivity index (χ0v) is 21.6. The van der Waals surface area contributed by atoms with Crippen molar-refractivity contribution in [1.82, 2.24) is 0 Å². The van der Waals surface area contributed by atoms with Gasteiger partial charge >= 0.3 is 0 Å². The fourth-order valence-corrected chi connectivity index (χ4v) is 12.9. The van der Waals surface area contributed by atoms with Crippen LogP contribution in [0.1, 0.15) is 50.7 Å². The van der Waals surface area contributed by atoms with Crippen LogP contribution in [0.4, 0.5) is 0 Å². The van der Waals surface area contributed by atoms with E-state index in [1.54, 1.807) is 0 Å². The summed E-state index contributed by atoms with van der Waals surface area (Å²) in [5.74, 6) is 0. The van der Waals surface area contributed by atoms with Crippen LogP contribution in [0.3, 0.4) is 0 Å². The molecule has 0 aliphatic rings. The van der Waals surface area contributed by atoms with Gasteiger partial charge in [-0.05, 0) is 74.1 Å². The van der Waals surface area contributed by atoms with Gasteiger partial charge in [-0.15, -0.1) is 0 Å². The Morgan fingerprint density at radius 1 is 0.621 bits per heavy atom. The second-order valence-electron chi connectivity index (χ2n) is 9.87. The largest absolute Gasteiger partial charge is 0.455 e. The normalized spacial score (nSPS) is 14.6. The van der Waals surface area contributed by atoms with E-state index in [0.29, 0.717) is 11.1 Å². The standard InChI is InChI=1S/C26H42OSi2/c1-23(15-13-21-25-17-9-7-10-18-25)28(3,4)27-29(5,6)24(2)16-14-22-26-19-11-8-12-20-26/h7-12,17-20,23-24H,13-16,21-22H2,1-6H3. The fraction of sp³-hybridized carbons (Fsp3) is 0.538. The van der Waals surface area contributed by atoms with Gasteiger partial charge in [0.1, 0.15) is 0 Å². The van der Waals surface area contributed by atoms with Crippen molar-refractivity contribution in [3.8, 4) is 0 Å².